The van der Waals surface area contributed by atoms with Crippen LogP contribution in [0.4, 0.5) is 5.69 Å². The lowest BCUT2D eigenvalue weighted by Gasteiger charge is -2.13. The SMILES string of the molecule is COC(=O)c1ccccc1NC(=O)c1oc2c(c1C)/C(=N/NC(=O)c1ccncc1)CCC2. The van der Waals surface area contributed by atoms with Crippen molar-refractivity contribution in [2.45, 2.75) is 26.2 Å². The highest BCUT2D eigenvalue weighted by molar-refractivity contribution is 6.11. The van der Waals surface area contributed by atoms with Gasteiger partial charge in [0.1, 0.15) is 5.76 Å². The van der Waals surface area contributed by atoms with Crippen molar-refractivity contribution >= 4 is 29.2 Å². The number of hydrogen-bond acceptors (Lipinski definition) is 7. The number of furan rings is 1. The molecule has 2 amide bonds. The van der Waals surface area contributed by atoms with E-state index in [1.807, 2.05) is 0 Å². The number of aryl methyl sites for hydroxylation is 1. The number of hydrazone groups is 1. The maximum atomic E-state index is 13.0. The van der Waals surface area contributed by atoms with Crippen molar-refractivity contribution in [3.05, 3.63) is 82.6 Å². The molecule has 3 aromatic rings. The first-order valence-electron chi connectivity index (χ1n) is 10.4. The van der Waals surface area contributed by atoms with Crippen LogP contribution in [0.3, 0.4) is 0 Å². The van der Waals surface area contributed by atoms with Gasteiger partial charge in [0.2, 0.25) is 0 Å². The van der Waals surface area contributed by atoms with Gasteiger partial charge < -0.3 is 14.5 Å². The van der Waals surface area contributed by atoms with E-state index in [0.717, 1.165) is 12.0 Å². The van der Waals surface area contributed by atoms with Crippen molar-refractivity contribution in [2.75, 3.05) is 12.4 Å². The molecule has 2 heterocycles. The molecule has 0 radical (unpaired) electrons. The number of methoxy groups -OCH3 is 1. The third-order valence-corrected chi connectivity index (χ3v) is 5.35. The number of esters is 1. The van der Waals surface area contributed by atoms with Crippen LogP contribution in [0, 0.1) is 6.92 Å². The van der Waals surface area contributed by atoms with Gasteiger partial charge in [-0.25, -0.2) is 10.2 Å². The predicted molar refractivity (Wildman–Crippen MR) is 120 cm³/mol. The van der Waals surface area contributed by atoms with Crippen molar-refractivity contribution in [2.24, 2.45) is 5.10 Å². The largest absolute Gasteiger partial charge is 0.465 e. The van der Waals surface area contributed by atoms with E-state index in [1.165, 1.54) is 19.5 Å². The molecule has 1 aromatic carbocycles. The van der Waals surface area contributed by atoms with E-state index in [0.29, 0.717) is 41.1 Å². The number of rotatable bonds is 5. The maximum absolute atomic E-state index is 13.0. The zero-order chi connectivity index (χ0) is 23.4. The van der Waals surface area contributed by atoms with Crippen LogP contribution in [-0.4, -0.2) is 35.6 Å². The van der Waals surface area contributed by atoms with Crippen molar-refractivity contribution in [3.63, 3.8) is 0 Å². The fourth-order valence-electron chi connectivity index (χ4n) is 3.74. The fourth-order valence-corrected chi connectivity index (χ4v) is 3.74. The summed E-state index contributed by atoms with van der Waals surface area (Å²) in [7, 11) is 1.28. The summed E-state index contributed by atoms with van der Waals surface area (Å²) in [5.74, 6) is -0.619. The van der Waals surface area contributed by atoms with Gasteiger partial charge in [-0.3, -0.25) is 14.6 Å². The van der Waals surface area contributed by atoms with Gasteiger partial charge in [-0.05, 0) is 44.0 Å². The molecule has 1 aliphatic rings. The number of pyridine rings is 1. The number of nitrogens with zero attached hydrogens (tertiary/aromatic N) is 2. The van der Waals surface area contributed by atoms with Crippen molar-refractivity contribution < 1.29 is 23.5 Å². The number of carbonyl (C=O) groups excluding carboxylic acids is 3. The molecule has 9 nitrogen and oxygen atoms in total. The Morgan fingerprint density at radius 1 is 1.06 bits per heavy atom. The first-order chi connectivity index (χ1) is 16.0. The van der Waals surface area contributed by atoms with Crippen molar-refractivity contribution in [1.82, 2.24) is 10.4 Å². The molecule has 168 valence electrons. The molecule has 9 heteroatoms. The summed E-state index contributed by atoms with van der Waals surface area (Å²) in [6.45, 7) is 1.77. The molecule has 0 aliphatic heterocycles. The van der Waals surface area contributed by atoms with Crippen LogP contribution in [0.5, 0.6) is 0 Å². The summed E-state index contributed by atoms with van der Waals surface area (Å²) in [5.41, 5.74) is 5.56. The molecule has 4 rings (SSSR count). The van der Waals surface area contributed by atoms with Gasteiger partial charge in [0.05, 0.1) is 24.1 Å². The standard InChI is InChI=1S/C24H22N4O5/c1-14-20-18(27-28-22(29)15-10-12-25-13-11-15)8-5-9-19(20)33-21(14)23(30)26-17-7-4-3-6-16(17)24(31)32-2/h3-4,6-7,10-13H,5,8-9H2,1-2H3,(H,26,30)(H,28,29)/b27-18+. The Morgan fingerprint density at radius 3 is 2.58 bits per heavy atom. The molecule has 1 aliphatic carbocycles. The maximum Gasteiger partial charge on any atom is 0.339 e. The number of amides is 2. The lowest BCUT2D eigenvalue weighted by atomic mass is 9.93. The van der Waals surface area contributed by atoms with Crippen LogP contribution in [0.15, 0.2) is 58.3 Å². The van der Waals surface area contributed by atoms with E-state index < -0.39 is 11.9 Å². The average Bonchev–Trinajstić information content (AvgIpc) is 3.20. The highest BCUT2D eigenvalue weighted by Crippen LogP contribution is 2.30. The van der Waals surface area contributed by atoms with E-state index in [9.17, 15) is 14.4 Å². The van der Waals surface area contributed by atoms with E-state index in [2.05, 4.69) is 20.8 Å². The van der Waals surface area contributed by atoms with E-state index in [1.54, 1.807) is 43.3 Å². The zero-order valence-electron chi connectivity index (χ0n) is 18.2. The third kappa shape index (κ3) is 4.52. The van der Waals surface area contributed by atoms with Crippen LogP contribution in [0.1, 0.15) is 61.0 Å². The van der Waals surface area contributed by atoms with Crippen LogP contribution in [-0.2, 0) is 11.2 Å². The Labute approximate surface area is 189 Å². The summed E-state index contributed by atoms with van der Waals surface area (Å²) in [4.78, 5) is 41.2. The fraction of sp³-hybridized carbons (Fsp3) is 0.208. The van der Waals surface area contributed by atoms with Gasteiger partial charge in [0.25, 0.3) is 11.8 Å². The number of hydrogen-bond donors (Lipinski definition) is 2. The normalized spacial score (nSPS) is 13.8. The predicted octanol–water partition coefficient (Wildman–Crippen LogP) is 3.49. The van der Waals surface area contributed by atoms with E-state index in [-0.39, 0.29) is 17.2 Å². The summed E-state index contributed by atoms with van der Waals surface area (Å²) in [5, 5.41) is 7.04. The minimum Gasteiger partial charge on any atom is -0.465 e. The van der Waals surface area contributed by atoms with Gasteiger partial charge >= 0.3 is 5.97 Å². The monoisotopic (exact) mass is 446 g/mol. The highest BCUT2D eigenvalue weighted by atomic mass is 16.5. The Balaban J connectivity index is 1.59. The molecule has 0 bridgehead atoms. The Hall–Kier alpha value is -4.27. The number of fused-ring (bicyclic) bond motifs is 1. The van der Waals surface area contributed by atoms with Crippen LogP contribution >= 0.6 is 0 Å². The molecule has 0 fully saturated rings. The minimum atomic E-state index is -0.555. The number of para-hydroxylation sites is 1. The molecular weight excluding hydrogens is 424 g/mol. The smallest absolute Gasteiger partial charge is 0.339 e. The minimum absolute atomic E-state index is 0.134. The molecular formula is C24H22N4O5. The zero-order valence-corrected chi connectivity index (χ0v) is 18.2. The second-order valence-electron chi connectivity index (χ2n) is 7.43. The first kappa shape index (κ1) is 21.9. The summed E-state index contributed by atoms with van der Waals surface area (Å²) in [6, 6.07) is 9.76. The Morgan fingerprint density at radius 2 is 1.82 bits per heavy atom. The third-order valence-electron chi connectivity index (χ3n) is 5.35. The number of aromatic nitrogens is 1. The molecule has 2 aromatic heterocycles. The van der Waals surface area contributed by atoms with Crippen LogP contribution < -0.4 is 10.7 Å². The number of benzene rings is 1. The van der Waals surface area contributed by atoms with Crippen molar-refractivity contribution in [3.8, 4) is 0 Å². The number of ether oxygens (including phenoxy) is 1. The molecule has 0 atom stereocenters. The van der Waals surface area contributed by atoms with Gasteiger partial charge in [-0.15, -0.1) is 0 Å². The quantitative estimate of drug-likeness (QED) is 0.457. The molecule has 2 N–H and O–H groups in total. The summed E-state index contributed by atoms with van der Waals surface area (Å²) < 4.78 is 10.7. The second-order valence-corrected chi connectivity index (χ2v) is 7.43. The first-order valence-corrected chi connectivity index (χ1v) is 10.4. The van der Waals surface area contributed by atoms with Crippen LogP contribution in [0.25, 0.3) is 0 Å². The lowest BCUT2D eigenvalue weighted by Crippen LogP contribution is -2.22. The lowest BCUT2D eigenvalue weighted by molar-refractivity contribution is 0.0601. The van der Waals surface area contributed by atoms with Gasteiger partial charge in [0, 0.05) is 35.5 Å². The second kappa shape index (κ2) is 9.47. The van der Waals surface area contributed by atoms with E-state index in [4.69, 9.17) is 9.15 Å². The Kier molecular flexibility index (Phi) is 6.30. The number of carbonyl (C=O) groups is 3. The molecule has 0 spiro atoms. The van der Waals surface area contributed by atoms with Gasteiger partial charge in [0.15, 0.2) is 5.76 Å². The molecule has 33 heavy (non-hydrogen) atoms. The topological polar surface area (TPSA) is 123 Å². The summed E-state index contributed by atoms with van der Waals surface area (Å²) in [6.07, 6.45) is 5.13. The number of nitrogens with one attached hydrogen (secondary N) is 2. The van der Waals surface area contributed by atoms with Crippen molar-refractivity contribution in [1.29, 1.82) is 0 Å². The highest BCUT2D eigenvalue weighted by Gasteiger charge is 2.28. The van der Waals surface area contributed by atoms with Gasteiger partial charge in [-0.2, -0.15) is 5.10 Å². The molecule has 0 unspecified atom stereocenters. The van der Waals surface area contributed by atoms with Crippen LogP contribution in [0.2, 0.25) is 0 Å². The summed E-state index contributed by atoms with van der Waals surface area (Å²) >= 11 is 0. The van der Waals surface area contributed by atoms with E-state index >= 15 is 0 Å². The average molecular weight is 446 g/mol. The number of anilines is 1. The molecule has 0 saturated heterocycles. The van der Waals surface area contributed by atoms with Gasteiger partial charge in [-0.1, -0.05) is 12.1 Å². The Bertz CT molecular complexity index is 1250. The molecule has 0 saturated carbocycles.